The van der Waals surface area contributed by atoms with Gasteiger partial charge in [0.25, 0.3) is 17.7 Å². The predicted molar refractivity (Wildman–Crippen MR) is 122 cm³/mol. The second-order valence-corrected chi connectivity index (χ2v) is 7.87. The fraction of sp³-hybridized carbons (Fsp3) is 0.304. The molecule has 0 spiro atoms. The number of benzene rings is 1. The number of halogens is 1. The summed E-state index contributed by atoms with van der Waals surface area (Å²) in [6, 6.07) is 2.88. The molecular formula is C23H25FN4O6. The van der Waals surface area contributed by atoms with Gasteiger partial charge in [-0.3, -0.25) is 19.2 Å². The van der Waals surface area contributed by atoms with Crippen LogP contribution in [-0.2, 0) is 19.1 Å². The monoisotopic (exact) mass is 472 g/mol. The van der Waals surface area contributed by atoms with Crippen molar-refractivity contribution < 1.29 is 33.4 Å². The second kappa shape index (κ2) is 9.87. The van der Waals surface area contributed by atoms with E-state index in [0.29, 0.717) is 33.8 Å². The van der Waals surface area contributed by atoms with Gasteiger partial charge in [-0.1, -0.05) is 0 Å². The number of aromatic amines is 1. The summed E-state index contributed by atoms with van der Waals surface area (Å²) in [7, 11) is 1.27. The molecule has 10 nitrogen and oxygen atoms in total. The molecule has 0 saturated carbocycles. The summed E-state index contributed by atoms with van der Waals surface area (Å²) in [5.74, 6) is -3.23. The number of ether oxygens (including phenoxy) is 1. The standard InChI is InChI=1S/C23H25FN4O6/c1-10-17(8-15-14-7-13(24)5-6-16(14)28-20(15)29)26-11(2)19(10)22(31)25-9-18(34-4)21(30)27-12(3)23(32)33/h5-8,12,18,26H,9H2,1-4H3,(H,25,31)(H,27,30)(H,28,29)(H,32,33)/b15-8-. The van der Waals surface area contributed by atoms with Gasteiger partial charge in [0.15, 0.2) is 6.10 Å². The lowest BCUT2D eigenvalue weighted by Gasteiger charge is -2.18. The van der Waals surface area contributed by atoms with Gasteiger partial charge in [0.1, 0.15) is 11.9 Å². The lowest BCUT2D eigenvalue weighted by molar-refractivity contribution is -0.143. The van der Waals surface area contributed by atoms with Gasteiger partial charge < -0.3 is 30.8 Å². The van der Waals surface area contributed by atoms with Crippen LogP contribution in [0.25, 0.3) is 11.6 Å². The molecule has 0 saturated heterocycles. The van der Waals surface area contributed by atoms with Crippen molar-refractivity contribution in [2.24, 2.45) is 0 Å². The lowest BCUT2D eigenvalue weighted by Crippen LogP contribution is -2.48. The maximum absolute atomic E-state index is 13.7. The zero-order valence-electron chi connectivity index (χ0n) is 19.0. The zero-order valence-corrected chi connectivity index (χ0v) is 19.0. The molecule has 1 aromatic carbocycles. The Morgan fingerprint density at radius 2 is 1.97 bits per heavy atom. The van der Waals surface area contributed by atoms with Gasteiger partial charge in [0.2, 0.25) is 0 Å². The summed E-state index contributed by atoms with van der Waals surface area (Å²) in [5, 5.41) is 16.5. The second-order valence-electron chi connectivity index (χ2n) is 7.87. The number of rotatable bonds is 8. The summed E-state index contributed by atoms with van der Waals surface area (Å²) in [4.78, 5) is 51.4. The fourth-order valence-corrected chi connectivity index (χ4v) is 3.63. The first-order chi connectivity index (χ1) is 16.0. The Morgan fingerprint density at radius 3 is 2.62 bits per heavy atom. The minimum Gasteiger partial charge on any atom is -0.480 e. The molecule has 3 rings (SSSR count). The quantitative estimate of drug-likeness (QED) is 0.369. The third-order valence-corrected chi connectivity index (χ3v) is 5.51. The molecule has 1 aliphatic rings. The van der Waals surface area contributed by atoms with Crippen LogP contribution in [0.3, 0.4) is 0 Å². The number of carboxylic acids is 1. The number of anilines is 1. The number of carboxylic acid groups (broad SMARTS) is 1. The number of carbonyl (C=O) groups is 4. The van der Waals surface area contributed by atoms with E-state index >= 15 is 0 Å². The molecule has 2 heterocycles. The van der Waals surface area contributed by atoms with Gasteiger partial charge >= 0.3 is 5.97 Å². The van der Waals surface area contributed by atoms with E-state index in [1.165, 1.54) is 32.2 Å². The van der Waals surface area contributed by atoms with Crippen molar-refractivity contribution >= 4 is 41.0 Å². The fourth-order valence-electron chi connectivity index (χ4n) is 3.63. The molecule has 1 aliphatic heterocycles. The number of aromatic nitrogens is 1. The normalized spacial score (nSPS) is 15.4. The third-order valence-electron chi connectivity index (χ3n) is 5.51. The van der Waals surface area contributed by atoms with Crippen LogP contribution in [0.4, 0.5) is 10.1 Å². The summed E-state index contributed by atoms with van der Waals surface area (Å²) >= 11 is 0. The van der Waals surface area contributed by atoms with Crippen molar-refractivity contribution in [1.29, 1.82) is 0 Å². The van der Waals surface area contributed by atoms with E-state index in [4.69, 9.17) is 9.84 Å². The minimum absolute atomic E-state index is 0.191. The first-order valence-electron chi connectivity index (χ1n) is 10.4. The van der Waals surface area contributed by atoms with Crippen LogP contribution in [0.2, 0.25) is 0 Å². The van der Waals surface area contributed by atoms with E-state index in [0.717, 1.165) is 0 Å². The Kier molecular flexibility index (Phi) is 7.16. The van der Waals surface area contributed by atoms with Crippen LogP contribution >= 0.6 is 0 Å². The molecule has 11 heteroatoms. The van der Waals surface area contributed by atoms with E-state index in [-0.39, 0.29) is 18.0 Å². The van der Waals surface area contributed by atoms with Gasteiger partial charge in [0.05, 0.1) is 17.7 Å². The highest BCUT2D eigenvalue weighted by molar-refractivity contribution is 6.34. The Morgan fingerprint density at radius 1 is 1.26 bits per heavy atom. The molecule has 2 unspecified atom stereocenters. The molecule has 2 aromatic rings. The number of aryl methyl sites for hydroxylation is 1. The molecule has 0 fully saturated rings. The minimum atomic E-state index is -1.20. The number of H-pyrrole nitrogens is 1. The number of hydrogen-bond donors (Lipinski definition) is 5. The van der Waals surface area contributed by atoms with Gasteiger partial charge in [-0.25, -0.2) is 4.39 Å². The number of nitrogens with one attached hydrogen (secondary N) is 4. The Balaban J connectivity index is 1.78. The van der Waals surface area contributed by atoms with Crippen LogP contribution < -0.4 is 16.0 Å². The summed E-state index contributed by atoms with van der Waals surface area (Å²) in [6.07, 6.45) is 0.457. The SMILES string of the molecule is COC(CNC(=O)c1c(C)[nH]c(/C=C2\C(=O)Nc3ccc(F)cc32)c1C)C(=O)NC(C)C(=O)O. The average Bonchev–Trinajstić information content (AvgIpc) is 3.23. The zero-order chi connectivity index (χ0) is 25.2. The van der Waals surface area contributed by atoms with Crippen molar-refractivity contribution in [2.45, 2.75) is 32.9 Å². The van der Waals surface area contributed by atoms with Crippen molar-refractivity contribution in [3.05, 3.63) is 52.1 Å². The summed E-state index contributed by atoms with van der Waals surface area (Å²) < 4.78 is 18.8. The number of carbonyl (C=O) groups excluding carboxylic acids is 3. The number of aliphatic carboxylic acids is 1. The molecule has 34 heavy (non-hydrogen) atoms. The van der Waals surface area contributed by atoms with Crippen LogP contribution in [-0.4, -0.2) is 59.6 Å². The number of methoxy groups -OCH3 is 1. The predicted octanol–water partition coefficient (Wildman–Crippen LogP) is 1.60. The lowest BCUT2D eigenvalue weighted by atomic mass is 10.0. The highest BCUT2D eigenvalue weighted by atomic mass is 19.1. The largest absolute Gasteiger partial charge is 0.480 e. The van der Waals surface area contributed by atoms with Gasteiger partial charge in [-0.05, 0) is 50.6 Å². The molecular weight excluding hydrogens is 447 g/mol. The van der Waals surface area contributed by atoms with E-state index in [2.05, 4.69) is 20.9 Å². The van der Waals surface area contributed by atoms with Crippen molar-refractivity contribution in [3.63, 3.8) is 0 Å². The first-order valence-corrected chi connectivity index (χ1v) is 10.4. The van der Waals surface area contributed by atoms with Crippen LogP contribution in [0, 0.1) is 19.7 Å². The molecule has 0 radical (unpaired) electrons. The molecule has 0 aliphatic carbocycles. The van der Waals surface area contributed by atoms with Crippen LogP contribution in [0.15, 0.2) is 18.2 Å². The Hall–Kier alpha value is -3.99. The number of hydrogen-bond acceptors (Lipinski definition) is 5. The maximum atomic E-state index is 13.7. The topological polar surface area (TPSA) is 150 Å². The van der Waals surface area contributed by atoms with Gasteiger partial charge in [0, 0.05) is 29.7 Å². The molecule has 3 amide bonds. The summed E-state index contributed by atoms with van der Waals surface area (Å²) in [5.41, 5.74) is 3.08. The highest BCUT2D eigenvalue weighted by Crippen LogP contribution is 2.34. The van der Waals surface area contributed by atoms with Crippen molar-refractivity contribution in [1.82, 2.24) is 15.6 Å². The Bertz CT molecular complexity index is 1200. The molecule has 5 N–H and O–H groups in total. The van der Waals surface area contributed by atoms with E-state index in [1.54, 1.807) is 19.9 Å². The highest BCUT2D eigenvalue weighted by Gasteiger charge is 2.27. The molecule has 2 atom stereocenters. The smallest absolute Gasteiger partial charge is 0.325 e. The number of amides is 3. The van der Waals surface area contributed by atoms with E-state index < -0.39 is 35.7 Å². The molecule has 1 aromatic heterocycles. The number of fused-ring (bicyclic) bond motifs is 1. The average molecular weight is 472 g/mol. The molecule has 0 bridgehead atoms. The maximum Gasteiger partial charge on any atom is 0.325 e. The summed E-state index contributed by atoms with van der Waals surface area (Å²) in [6.45, 7) is 4.50. The van der Waals surface area contributed by atoms with Crippen molar-refractivity contribution in [2.75, 3.05) is 19.0 Å². The van der Waals surface area contributed by atoms with E-state index in [1.807, 2.05) is 0 Å². The first kappa shape index (κ1) is 24.6. The van der Waals surface area contributed by atoms with Crippen LogP contribution in [0.5, 0.6) is 0 Å². The van der Waals surface area contributed by atoms with Crippen LogP contribution in [0.1, 0.15) is 39.8 Å². The Labute approximate surface area is 194 Å². The van der Waals surface area contributed by atoms with Gasteiger partial charge in [-0.15, -0.1) is 0 Å². The molecule has 180 valence electrons. The van der Waals surface area contributed by atoms with E-state index in [9.17, 15) is 23.6 Å². The van der Waals surface area contributed by atoms with Crippen molar-refractivity contribution in [3.8, 4) is 0 Å². The third kappa shape index (κ3) is 4.99. The van der Waals surface area contributed by atoms with Gasteiger partial charge in [-0.2, -0.15) is 0 Å².